The summed E-state index contributed by atoms with van der Waals surface area (Å²) >= 11 is 6.28. The van der Waals surface area contributed by atoms with Gasteiger partial charge in [-0.15, -0.1) is 0 Å². The predicted molar refractivity (Wildman–Crippen MR) is 184 cm³/mol. The summed E-state index contributed by atoms with van der Waals surface area (Å²) in [5.74, 6) is 0.470. The Morgan fingerprint density at radius 2 is 1.55 bits per heavy atom. The van der Waals surface area contributed by atoms with Crippen LogP contribution < -0.4 is 0 Å². The van der Waals surface area contributed by atoms with Crippen molar-refractivity contribution in [2.45, 2.75) is 108 Å². The van der Waals surface area contributed by atoms with Crippen molar-refractivity contribution in [3.8, 4) is 0 Å². The highest BCUT2D eigenvalue weighted by Gasteiger charge is 2.51. The van der Waals surface area contributed by atoms with E-state index in [0.29, 0.717) is 50.1 Å². The van der Waals surface area contributed by atoms with Crippen LogP contribution in [0.5, 0.6) is 0 Å². The molecule has 5 aliphatic rings. The maximum Gasteiger partial charge on any atom is 0.252 e. The first kappa shape index (κ1) is 34.7. The molecule has 5 atom stereocenters. The van der Waals surface area contributed by atoms with Gasteiger partial charge < -0.3 is 24.3 Å². The van der Waals surface area contributed by atoms with Crippen molar-refractivity contribution in [1.82, 2.24) is 24.5 Å². The number of hydrogen-bond donors (Lipinski definition) is 0. The van der Waals surface area contributed by atoms with Gasteiger partial charge in [0.2, 0.25) is 11.8 Å². The molecule has 0 N–H and O–H groups in total. The van der Waals surface area contributed by atoms with Gasteiger partial charge in [0.1, 0.15) is 12.1 Å². The Balaban J connectivity index is 1.32. The van der Waals surface area contributed by atoms with E-state index >= 15 is 4.79 Å². The number of carbonyl (C=O) groups excluding carboxylic acids is 3. The number of rotatable bonds is 6. The number of nitrogens with zero attached hydrogens (tertiary/aromatic N) is 5. The quantitative estimate of drug-likeness (QED) is 0.445. The first-order chi connectivity index (χ1) is 22.4. The third kappa shape index (κ3) is 7.53. The van der Waals surface area contributed by atoms with Crippen LogP contribution in [0.1, 0.15) is 84.1 Å². The summed E-state index contributed by atoms with van der Waals surface area (Å²) < 4.78 is 5.95. The SMILES string of the molecule is CC1CCC(N(C(=O)[C@@H]2CCCO2)[C@H]2C[C@H](C(=O)N3CCN(C)CC3)N(C(=O)[C@H]3CN(C(C)(C)C)C[C@H]3c3ccc(Cl)cc3)C2)CC1. The maximum atomic E-state index is 15.0. The van der Waals surface area contributed by atoms with Crippen LogP contribution in [0.25, 0.3) is 0 Å². The zero-order valence-electron chi connectivity index (χ0n) is 29.2. The van der Waals surface area contributed by atoms with E-state index in [-0.39, 0.29) is 47.2 Å². The lowest BCUT2D eigenvalue weighted by Crippen LogP contribution is -2.54. The Bertz CT molecular complexity index is 1260. The third-order valence-corrected chi connectivity index (χ3v) is 12.0. The molecule has 10 heteroatoms. The van der Waals surface area contributed by atoms with Gasteiger partial charge in [-0.2, -0.15) is 0 Å². The highest BCUT2D eigenvalue weighted by molar-refractivity contribution is 6.30. The molecular formula is C37H56ClN5O4. The van der Waals surface area contributed by atoms with Crippen LogP contribution in [0.3, 0.4) is 0 Å². The zero-order valence-corrected chi connectivity index (χ0v) is 30.0. The van der Waals surface area contributed by atoms with Gasteiger partial charge in [0.15, 0.2) is 0 Å². The minimum atomic E-state index is -0.576. The smallest absolute Gasteiger partial charge is 0.252 e. The maximum absolute atomic E-state index is 15.0. The van der Waals surface area contributed by atoms with E-state index < -0.39 is 12.1 Å². The van der Waals surface area contributed by atoms with Gasteiger partial charge in [-0.05, 0) is 96.4 Å². The summed E-state index contributed by atoms with van der Waals surface area (Å²) in [7, 11) is 2.08. The third-order valence-electron chi connectivity index (χ3n) is 11.8. The van der Waals surface area contributed by atoms with Crippen LogP contribution in [0.2, 0.25) is 5.02 Å². The molecule has 4 saturated heterocycles. The van der Waals surface area contributed by atoms with E-state index in [4.69, 9.17) is 16.3 Å². The van der Waals surface area contributed by atoms with Crippen molar-refractivity contribution >= 4 is 29.3 Å². The lowest BCUT2D eigenvalue weighted by atomic mass is 9.85. The van der Waals surface area contributed by atoms with Gasteiger partial charge in [-0.1, -0.05) is 30.7 Å². The van der Waals surface area contributed by atoms with Gasteiger partial charge >= 0.3 is 0 Å². The van der Waals surface area contributed by atoms with Crippen molar-refractivity contribution in [1.29, 1.82) is 0 Å². The standard InChI is InChI=1S/C37H56ClN5O4/c1-25-8-14-28(15-9-25)43(36(46)33-7-6-20-47-33)29-21-32(35(45)40-18-16-39(5)17-19-40)42(22-29)34(44)31-24-41(37(2,3)4)23-30(31)26-10-12-27(38)13-11-26/h10-13,25,28-33H,6-9,14-24H2,1-5H3/t25?,28?,29-,30-,31-,32+,33-/m0/s1. The number of likely N-dealkylation sites (N-methyl/N-ethyl adjacent to an activating group) is 1. The summed E-state index contributed by atoms with van der Waals surface area (Å²) in [6.07, 6.45) is 5.80. The van der Waals surface area contributed by atoms with Crippen molar-refractivity contribution in [3.05, 3.63) is 34.9 Å². The largest absolute Gasteiger partial charge is 0.368 e. The van der Waals surface area contributed by atoms with Crippen LogP contribution >= 0.6 is 11.6 Å². The molecule has 6 rings (SSSR count). The fraction of sp³-hybridized carbons (Fsp3) is 0.757. The second-order valence-corrected chi connectivity index (χ2v) is 16.5. The Morgan fingerprint density at radius 1 is 0.872 bits per heavy atom. The highest BCUT2D eigenvalue weighted by atomic mass is 35.5. The molecule has 3 amide bonds. The summed E-state index contributed by atoms with van der Waals surface area (Å²) in [5.41, 5.74) is 0.994. The number of piperazine rings is 1. The van der Waals surface area contributed by atoms with E-state index in [1.54, 1.807) is 0 Å². The molecule has 1 aromatic carbocycles. The number of benzene rings is 1. The van der Waals surface area contributed by atoms with Gasteiger partial charge in [-0.25, -0.2) is 0 Å². The Labute approximate surface area is 286 Å². The Morgan fingerprint density at radius 3 is 2.17 bits per heavy atom. The lowest BCUT2D eigenvalue weighted by Gasteiger charge is -2.41. The second-order valence-electron chi connectivity index (χ2n) is 16.0. The number of ether oxygens (including phenoxy) is 1. The van der Waals surface area contributed by atoms with Gasteiger partial charge in [0, 0.05) is 74.9 Å². The molecule has 1 saturated carbocycles. The topological polar surface area (TPSA) is 76.6 Å². The highest BCUT2D eigenvalue weighted by Crippen LogP contribution is 2.40. The minimum absolute atomic E-state index is 0.0121. The fourth-order valence-electron chi connectivity index (χ4n) is 8.71. The Hall–Kier alpha value is -2.20. The van der Waals surface area contributed by atoms with Gasteiger partial charge in [-0.3, -0.25) is 19.3 Å². The molecule has 4 heterocycles. The molecule has 0 unspecified atom stereocenters. The summed E-state index contributed by atoms with van der Waals surface area (Å²) in [5, 5.41) is 0.677. The number of likely N-dealkylation sites (tertiary alicyclic amines) is 2. The number of carbonyl (C=O) groups is 3. The van der Waals surface area contributed by atoms with Crippen LogP contribution in [-0.2, 0) is 19.1 Å². The molecule has 4 aliphatic heterocycles. The van der Waals surface area contributed by atoms with Crippen molar-refractivity contribution in [2.75, 3.05) is 59.5 Å². The molecule has 0 bridgehead atoms. The fourth-order valence-corrected chi connectivity index (χ4v) is 8.84. The second kappa shape index (κ2) is 14.3. The number of hydrogen-bond acceptors (Lipinski definition) is 6. The van der Waals surface area contributed by atoms with Crippen LogP contribution in [-0.4, -0.2) is 131 Å². The van der Waals surface area contributed by atoms with Crippen LogP contribution in [0.4, 0.5) is 0 Å². The van der Waals surface area contributed by atoms with Crippen molar-refractivity contribution < 1.29 is 19.1 Å². The average Bonchev–Trinajstić information content (AvgIpc) is 3.83. The Kier molecular flexibility index (Phi) is 10.6. The lowest BCUT2D eigenvalue weighted by molar-refractivity contribution is -0.148. The summed E-state index contributed by atoms with van der Waals surface area (Å²) in [6, 6.07) is 7.24. The van der Waals surface area contributed by atoms with Crippen molar-refractivity contribution in [2.24, 2.45) is 11.8 Å². The minimum Gasteiger partial charge on any atom is -0.368 e. The molecule has 260 valence electrons. The van der Waals surface area contributed by atoms with Crippen LogP contribution in [0, 0.1) is 11.8 Å². The van der Waals surface area contributed by atoms with E-state index in [9.17, 15) is 9.59 Å². The molecule has 47 heavy (non-hydrogen) atoms. The van der Waals surface area contributed by atoms with Gasteiger partial charge in [0.25, 0.3) is 5.91 Å². The summed E-state index contributed by atoms with van der Waals surface area (Å²) in [6.45, 7) is 14.3. The molecule has 1 aromatic rings. The van der Waals surface area contributed by atoms with Crippen molar-refractivity contribution in [3.63, 3.8) is 0 Å². The first-order valence-electron chi connectivity index (χ1n) is 18.1. The molecule has 0 radical (unpaired) electrons. The molecule has 9 nitrogen and oxygen atoms in total. The number of halogens is 1. The molecule has 1 aliphatic carbocycles. The monoisotopic (exact) mass is 669 g/mol. The molecule has 0 spiro atoms. The molecular weight excluding hydrogens is 614 g/mol. The molecule has 5 fully saturated rings. The average molecular weight is 670 g/mol. The predicted octanol–water partition coefficient (Wildman–Crippen LogP) is 4.48. The van der Waals surface area contributed by atoms with E-state index in [1.165, 1.54) is 0 Å². The number of amides is 3. The first-order valence-corrected chi connectivity index (χ1v) is 18.5. The normalized spacial score (nSPS) is 32.6. The van der Waals surface area contributed by atoms with E-state index in [1.807, 2.05) is 34.1 Å². The van der Waals surface area contributed by atoms with Gasteiger partial charge in [0.05, 0.1) is 12.0 Å². The van der Waals surface area contributed by atoms with E-state index in [2.05, 4.69) is 49.4 Å². The summed E-state index contributed by atoms with van der Waals surface area (Å²) in [4.78, 5) is 54.3. The molecule has 0 aromatic heterocycles. The zero-order chi connectivity index (χ0) is 33.5. The van der Waals surface area contributed by atoms with Crippen LogP contribution in [0.15, 0.2) is 24.3 Å². The van der Waals surface area contributed by atoms with E-state index in [0.717, 1.165) is 63.7 Å².